The van der Waals surface area contributed by atoms with E-state index in [1.807, 2.05) is 36.0 Å². The van der Waals surface area contributed by atoms with Gasteiger partial charge in [0.1, 0.15) is 5.75 Å². The van der Waals surface area contributed by atoms with Gasteiger partial charge in [0.15, 0.2) is 0 Å². The van der Waals surface area contributed by atoms with Crippen LogP contribution in [-0.4, -0.2) is 13.0 Å². The number of benzene rings is 2. The lowest BCUT2D eigenvalue weighted by Crippen LogP contribution is -2.21. The molecular weight excluding hydrogens is 374 g/mol. The third-order valence-corrected chi connectivity index (χ3v) is 6.96. The Labute approximate surface area is 167 Å². The molecule has 2 heterocycles. The molecular formula is C22H21NO2S2. The number of rotatable bonds is 4. The Hall–Kier alpha value is -2.24. The zero-order chi connectivity index (χ0) is 19.0. The predicted molar refractivity (Wildman–Crippen MR) is 113 cm³/mol. The quantitative estimate of drug-likeness (QED) is 0.627. The molecule has 0 radical (unpaired) electrons. The van der Waals surface area contributed by atoms with E-state index in [1.54, 1.807) is 18.4 Å². The van der Waals surface area contributed by atoms with Crippen LogP contribution in [0.4, 0.5) is 0 Å². The number of carbonyl (C=O) groups excluding carboxylic acids is 1. The minimum absolute atomic E-state index is 0.0199. The maximum Gasteiger partial charge on any atom is 0.261 e. The first-order valence-corrected chi connectivity index (χ1v) is 10.6. The maximum atomic E-state index is 12.7. The number of carbonyl (C=O) groups is 1. The normalized spacial score (nSPS) is 12.3. The molecule has 0 fully saturated rings. The van der Waals surface area contributed by atoms with Crippen LogP contribution in [0.1, 0.15) is 31.9 Å². The number of amides is 1. The van der Waals surface area contributed by atoms with Crippen LogP contribution in [0.3, 0.4) is 0 Å². The Morgan fingerprint density at radius 3 is 2.85 bits per heavy atom. The Morgan fingerprint density at radius 2 is 2.04 bits per heavy atom. The highest BCUT2D eigenvalue weighted by Crippen LogP contribution is 2.47. The standard InChI is InChI=1S/C22H21NO2S2/c1-13-7-14(2)20-18(8-13)26-12-16-10-19(27-21(16)20)22(24)23-11-15-5-4-6-17(9-15)25-3/h4-10H,11-12H2,1-3H3,(H,23,24). The van der Waals surface area contributed by atoms with Crippen LogP contribution in [0.2, 0.25) is 0 Å². The summed E-state index contributed by atoms with van der Waals surface area (Å²) in [6.45, 7) is 4.78. The number of thioether (sulfide) groups is 1. The van der Waals surface area contributed by atoms with Crippen LogP contribution in [-0.2, 0) is 12.3 Å². The van der Waals surface area contributed by atoms with Crippen LogP contribution < -0.4 is 10.1 Å². The summed E-state index contributed by atoms with van der Waals surface area (Å²) in [5.74, 6) is 1.70. The van der Waals surface area contributed by atoms with Gasteiger partial charge in [0.05, 0.1) is 12.0 Å². The molecule has 1 N–H and O–H groups in total. The number of thiophene rings is 1. The molecule has 2 aromatic carbocycles. The van der Waals surface area contributed by atoms with Crippen LogP contribution >= 0.6 is 23.1 Å². The summed E-state index contributed by atoms with van der Waals surface area (Å²) in [7, 11) is 1.65. The first-order chi connectivity index (χ1) is 13.0. The van der Waals surface area contributed by atoms with Gasteiger partial charge in [0.25, 0.3) is 5.91 Å². The van der Waals surface area contributed by atoms with E-state index in [0.717, 1.165) is 21.9 Å². The van der Waals surface area contributed by atoms with E-state index >= 15 is 0 Å². The molecule has 0 spiro atoms. The van der Waals surface area contributed by atoms with Gasteiger partial charge >= 0.3 is 0 Å². The summed E-state index contributed by atoms with van der Waals surface area (Å²) >= 11 is 3.46. The summed E-state index contributed by atoms with van der Waals surface area (Å²) in [4.78, 5) is 16.0. The van der Waals surface area contributed by atoms with E-state index in [1.165, 1.54) is 32.0 Å². The van der Waals surface area contributed by atoms with Gasteiger partial charge in [0, 0.05) is 27.6 Å². The summed E-state index contributed by atoms with van der Waals surface area (Å²) in [5, 5.41) is 3.03. The fourth-order valence-electron chi connectivity index (χ4n) is 3.40. The van der Waals surface area contributed by atoms with Crippen molar-refractivity contribution in [2.75, 3.05) is 7.11 Å². The number of nitrogens with one attached hydrogen (secondary N) is 1. The minimum atomic E-state index is -0.0199. The fraction of sp³-hybridized carbons (Fsp3) is 0.227. The lowest BCUT2D eigenvalue weighted by Gasteiger charge is -2.18. The molecule has 0 unspecified atom stereocenters. The summed E-state index contributed by atoms with van der Waals surface area (Å²) in [5.41, 5.74) is 6.15. The van der Waals surface area contributed by atoms with Gasteiger partial charge < -0.3 is 10.1 Å². The molecule has 3 nitrogen and oxygen atoms in total. The van der Waals surface area contributed by atoms with Gasteiger partial charge in [0.2, 0.25) is 0 Å². The molecule has 1 aliphatic heterocycles. The Kier molecular flexibility index (Phi) is 4.98. The fourth-order valence-corrected chi connectivity index (χ4v) is 5.99. The molecule has 1 aliphatic rings. The van der Waals surface area contributed by atoms with Crippen LogP contribution in [0.25, 0.3) is 10.4 Å². The molecule has 0 saturated heterocycles. The maximum absolute atomic E-state index is 12.7. The van der Waals surface area contributed by atoms with Crippen LogP contribution in [0.5, 0.6) is 5.75 Å². The highest BCUT2D eigenvalue weighted by molar-refractivity contribution is 7.98. The van der Waals surface area contributed by atoms with E-state index in [0.29, 0.717) is 6.54 Å². The average Bonchev–Trinajstić information content (AvgIpc) is 3.10. The molecule has 4 rings (SSSR count). The van der Waals surface area contributed by atoms with Gasteiger partial charge in [-0.1, -0.05) is 18.2 Å². The largest absolute Gasteiger partial charge is 0.497 e. The molecule has 0 atom stereocenters. The number of hydrogen-bond donors (Lipinski definition) is 1. The van der Waals surface area contributed by atoms with Gasteiger partial charge in [-0.15, -0.1) is 23.1 Å². The van der Waals surface area contributed by atoms with E-state index < -0.39 is 0 Å². The van der Waals surface area contributed by atoms with Gasteiger partial charge in [-0.25, -0.2) is 0 Å². The van der Waals surface area contributed by atoms with E-state index in [2.05, 4.69) is 37.4 Å². The van der Waals surface area contributed by atoms with Crippen LogP contribution in [0, 0.1) is 13.8 Å². The SMILES string of the molecule is COc1cccc(CNC(=O)c2cc3c(s2)-c2c(C)cc(C)cc2SC3)c1. The van der Waals surface area contributed by atoms with Gasteiger partial charge in [-0.2, -0.15) is 0 Å². The lowest BCUT2D eigenvalue weighted by molar-refractivity contribution is 0.0955. The second-order valence-electron chi connectivity index (χ2n) is 6.74. The van der Waals surface area contributed by atoms with E-state index in [4.69, 9.17) is 4.74 Å². The molecule has 0 aliphatic carbocycles. The smallest absolute Gasteiger partial charge is 0.261 e. The third kappa shape index (κ3) is 3.62. The van der Waals surface area contributed by atoms with Crippen molar-refractivity contribution in [3.05, 3.63) is 69.6 Å². The number of methoxy groups -OCH3 is 1. The van der Waals surface area contributed by atoms with Gasteiger partial charge in [-0.05, 0) is 60.4 Å². The predicted octanol–water partition coefficient (Wildman–Crippen LogP) is 5.58. The number of aryl methyl sites for hydroxylation is 2. The van der Waals surface area contributed by atoms with Gasteiger partial charge in [-0.3, -0.25) is 4.79 Å². The number of fused-ring (bicyclic) bond motifs is 3. The van der Waals surface area contributed by atoms with E-state index in [-0.39, 0.29) is 5.91 Å². The first-order valence-electron chi connectivity index (χ1n) is 8.83. The van der Waals surface area contributed by atoms with Crippen molar-refractivity contribution in [2.45, 2.75) is 31.0 Å². The minimum Gasteiger partial charge on any atom is -0.497 e. The Balaban J connectivity index is 1.56. The molecule has 1 amide bonds. The molecule has 1 aromatic heterocycles. The van der Waals surface area contributed by atoms with Crippen molar-refractivity contribution in [3.8, 4) is 16.2 Å². The van der Waals surface area contributed by atoms with Crippen molar-refractivity contribution in [1.29, 1.82) is 0 Å². The van der Waals surface area contributed by atoms with Crippen molar-refractivity contribution in [1.82, 2.24) is 5.32 Å². The zero-order valence-electron chi connectivity index (χ0n) is 15.6. The number of ether oxygens (including phenoxy) is 1. The van der Waals surface area contributed by atoms with Crippen molar-refractivity contribution in [3.63, 3.8) is 0 Å². The summed E-state index contributed by atoms with van der Waals surface area (Å²) in [6, 6.07) is 14.3. The van der Waals surface area contributed by atoms with Crippen molar-refractivity contribution < 1.29 is 9.53 Å². The monoisotopic (exact) mass is 395 g/mol. The lowest BCUT2D eigenvalue weighted by atomic mass is 10.0. The zero-order valence-corrected chi connectivity index (χ0v) is 17.2. The molecule has 27 heavy (non-hydrogen) atoms. The number of hydrogen-bond acceptors (Lipinski definition) is 4. The summed E-state index contributed by atoms with van der Waals surface area (Å²) in [6.07, 6.45) is 0. The average molecular weight is 396 g/mol. The molecule has 138 valence electrons. The first kappa shape index (κ1) is 18.1. The molecule has 3 aromatic rings. The van der Waals surface area contributed by atoms with Crippen molar-refractivity contribution in [2.24, 2.45) is 0 Å². The summed E-state index contributed by atoms with van der Waals surface area (Å²) < 4.78 is 5.24. The Morgan fingerprint density at radius 1 is 1.19 bits per heavy atom. The second-order valence-corrected chi connectivity index (χ2v) is 8.81. The van der Waals surface area contributed by atoms with Crippen LogP contribution in [0.15, 0.2) is 47.4 Å². The van der Waals surface area contributed by atoms with Crippen molar-refractivity contribution >= 4 is 29.0 Å². The highest BCUT2D eigenvalue weighted by Gasteiger charge is 2.23. The molecule has 0 bridgehead atoms. The second kappa shape index (κ2) is 7.41. The molecule has 0 saturated carbocycles. The molecule has 5 heteroatoms. The third-order valence-electron chi connectivity index (χ3n) is 4.67. The topological polar surface area (TPSA) is 38.3 Å². The Bertz CT molecular complexity index is 1020. The van der Waals surface area contributed by atoms with E-state index in [9.17, 15) is 4.79 Å². The highest BCUT2D eigenvalue weighted by atomic mass is 32.2.